The topological polar surface area (TPSA) is 36.1 Å². The van der Waals surface area contributed by atoms with Gasteiger partial charge in [-0.25, -0.2) is 0 Å². The van der Waals surface area contributed by atoms with Gasteiger partial charge in [0, 0.05) is 42.0 Å². The summed E-state index contributed by atoms with van der Waals surface area (Å²) >= 11 is 0. The lowest BCUT2D eigenvalue weighted by Crippen LogP contribution is -2.46. The lowest BCUT2D eigenvalue weighted by Gasteiger charge is -2.41. The van der Waals surface area contributed by atoms with Crippen LogP contribution in [0.25, 0.3) is 10.9 Å². The van der Waals surface area contributed by atoms with Crippen molar-refractivity contribution in [1.29, 1.82) is 0 Å². The monoisotopic (exact) mass is 268 g/mol. The number of hydrogen-bond acceptors (Lipinski definition) is 2. The number of benzene rings is 1. The molecule has 2 aromatic rings. The quantitative estimate of drug-likeness (QED) is 0.863. The smallest absolute Gasteiger partial charge is 0.139 e. The molecule has 1 aromatic carbocycles. The Kier molecular flexibility index (Phi) is 2.71. The minimum absolute atomic E-state index is 0.247. The molecule has 104 valence electrons. The summed E-state index contributed by atoms with van der Waals surface area (Å²) in [5, 5.41) is 1.34. The Labute approximate surface area is 119 Å². The van der Waals surface area contributed by atoms with E-state index in [2.05, 4.69) is 41.1 Å². The van der Waals surface area contributed by atoms with Crippen LogP contribution in [0.5, 0.6) is 0 Å². The number of hydrogen-bond donors (Lipinski definition) is 1. The van der Waals surface area contributed by atoms with Crippen LogP contribution in [-0.4, -0.2) is 28.8 Å². The van der Waals surface area contributed by atoms with Crippen molar-refractivity contribution in [3.05, 3.63) is 35.5 Å². The van der Waals surface area contributed by atoms with Gasteiger partial charge in [-0.05, 0) is 24.5 Å². The van der Waals surface area contributed by atoms with Gasteiger partial charge in [-0.15, -0.1) is 0 Å². The van der Waals surface area contributed by atoms with E-state index in [-0.39, 0.29) is 12.0 Å². The van der Waals surface area contributed by atoms with Gasteiger partial charge in [-0.2, -0.15) is 0 Å². The Hall–Kier alpha value is -1.61. The Morgan fingerprint density at radius 2 is 2.20 bits per heavy atom. The van der Waals surface area contributed by atoms with Crippen molar-refractivity contribution in [3.63, 3.8) is 0 Å². The largest absolute Gasteiger partial charge is 0.357 e. The molecule has 0 radical (unpaired) electrons. The molecule has 4 rings (SSSR count). The van der Waals surface area contributed by atoms with Gasteiger partial charge in [0.2, 0.25) is 0 Å². The zero-order valence-electron chi connectivity index (χ0n) is 11.9. The highest BCUT2D eigenvalue weighted by Gasteiger charge is 2.38. The molecule has 1 N–H and O–H groups in total. The van der Waals surface area contributed by atoms with E-state index in [0.29, 0.717) is 12.2 Å². The third-order valence-electron chi connectivity index (χ3n) is 5.07. The first kappa shape index (κ1) is 12.2. The minimum atomic E-state index is 0.247. The molecule has 0 amide bonds. The van der Waals surface area contributed by atoms with E-state index in [1.165, 1.54) is 22.2 Å². The van der Waals surface area contributed by atoms with Crippen molar-refractivity contribution in [2.45, 2.75) is 32.2 Å². The van der Waals surface area contributed by atoms with Crippen LogP contribution >= 0.6 is 0 Å². The highest BCUT2D eigenvalue weighted by atomic mass is 16.1. The van der Waals surface area contributed by atoms with Crippen LogP contribution in [0.1, 0.15) is 37.1 Å². The molecule has 0 unspecified atom stereocenters. The van der Waals surface area contributed by atoms with Crippen molar-refractivity contribution in [2.75, 3.05) is 13.1 Å². The maximum absolute atomic E-state index is 12.3. The number of fused-ring (bicyclic) bond motifs is 5. The minimum Gasteiger partial charge on any atom is -0.357 e. The predicted octanol–water partition coefficient (Wildman–Crippen LogP) is 3.07. The Morgan fingerprint density at radius 3 is 3.05 bits per heavy atom. The highest BCUT2D eigenvalue weighted by molar-refractivity contribution is 5.87. The van der Waals surface area contributed by atoms with E-state index in [1.54, 1.807) is 0 Å². The van der Waals surface area contributed by atoms with Gasteiger partial charge in [0.05, 0.1) is 6.04 Å². The predicted molar refractivity (Wildman–Crippen MR) is 79.7 cm³/mol. The molecule has 0 saturated carbocycles. The second-order valence-corrected chi connectivity index (χ2v) is 6.10. The highest BCUT2D eigenvalue weighted by Crippen LogP contribution is 2.39. The summed E-state index contributed by atoms with van der Waals surface area (Å²) in [6.07, 6.45) is 2.75. The second kappa shape index (κ2) is 4.45. The number of nitrogens with one attached hydrogen (secondary N) is 1. The third kappa shape index (κ3) is 1.66. The first-order valence-corrected chi connectivity index (χ1v) is 7.64. The molecule has 20 heavy (non-hydrogen) atoms. The van der Waals surface area contributed by atoms with Crippen molar-refractivity contribution in [2.24, 2.45) is 5.92 Å². The molecule has 0 spiro atoms. The number of nitrogens with zero attached hydrogens (tertiary/aromatic N) is 1. The fourth-order valence-electron chi connectivity index (χ4n) is 3.92. The van der Waals surface area contributed by atoms with E-state index < -0.39 is 0 Å². The average molecular weight is 268 g/mol. The van der Waals surface area contributed by atoms with Gasteiger partial charge in [0.1, 0.15) is 5.78 Å². The van der Waals surface area contributed by atoms with Gasteiger partial charge in [-0.1, -0.05) is 25.1 Å². The number of ketones is 1. The number of Topliss-reactive ketones (excluding diaryl/α,β-unsaturated/α-hetero) is 1. The zero-order chi connectivity index (χ0) is 13.7. The van der Waals surface area contributed by atoms with E-state index in [4.69, 9.17) is 0 Å². The number of H-pyrrole nitrogens is 1. The SMILES string of the molecule is CC[C@H]1CN2CCc3c([nH]c4ccccc34)[C@@H]2CC1=O. The summed E-state index contributed by atoms with van der Waals surface area (Å²) in [6, 6.07) is 8.78. The van der Waals surface area contributed by atoms with E-state index in [1.807, 2.05) is 0 Å². The summed E-state index contributed by atoms with van der Waals surface area (Å²) < 4.78 is 0. The van der Waals surface area contributed by atoms with Crippen molar-refractivity contribution < 1.29 is 4.79 Å². The van der Waals surface area contributed by atoms with E-state index in [9.17, 15) is 4.79 Å². The van der Waals surface area contributed by atoms with E-state index >= 15 is 0 Å². The molecule has 2 atom stereocenters. The fraction of sp³-hybridized carbons (Fsp3) is 0.471. The number of aromatic amines is 1. The molecule has 1 aromatic heterocycles. The van der Waals surface area contributed by atoms with Crippen LogP contribution in [0.4, 0.5) is 0 Å². The standard InChI is InChI=1S/C17H20N2O/c1-2-11-10-19-8-7-13-12-5-3-4-6-14(12)18-17(13)15(19)9-16(11)20/h3-6,11,15,18H,2,7-10H2,1H3/t11-,15-/m0/s1. The Morgan fingerprint density at radius 1 is 1.35 bits per heavy atom. The van der Waals surface area contributed by atoms with Gasteiger partial charge >= 0.3 is 0 Å². The van der Waals surface area contributed by atoms with Gasteiger partial charge in [-0.3, -0.25) is 9.69 Å². The van der Waals surface area contributed by atoms with Crippen LogP contribution in [0.2, 0.25) is 0 Å². The fourth-order valence-corrected chi connectivity index (χ4v) is 3.92. The summed E-state index contributed by atoms with van der Waals surface area (Å²) in [6.45, 7) is 4.15. The Bertz CT molecular complexity index is 673. The van der Waals surface area contributed by atoms with Crippen molar-refractivity contribution in [1.82, 2.24) is 9.88 Å². The van der Waals surface area contributed by atoms with Crippen molar-refractivity contribution >= 4 is 16.7 Å². The molecule has 3 heterocycles. The maximum Gasteiger partial charge on any atom is 0.139 e. The third-order valence-corrected chi connectivity index (χ3v) is 5.07. The van der Waals surface area contributed by atoms with Crippen molar-refractivity contribution in [3.8, 4) is 0 Å². The number of carbonyl (C=O) groups is 1. The Balaban J connectivity index is 1.78. The molecule has 2 aliphatic heterocycles. The molecule has 3 nitrogen and oxygen atoms in total. The number of aromatic nitrogens is 1. The van der Waals surface area contributed by atoms with Crippen LogP contribution in [-0.2, 0) is 11.2 Å². The van der Waals surface area contributed by atoms with Crippen LogP contribution in [0.15, 0.2) is 24.3 Å². The molecule has 0 aliphatic carbocycles. The first-order chi connectivity index (χ1) is 9.78. The molecule has 1 fully saturated rings. The molecule has 3 heteroatoms. The molecule has 0 bridgehead atoms. The average Bonchev–Trinajstić information content (AvgIpc) is 2.85. The van der Waals surface area contributed by atoms with Gasteiger partial charge < -0.3 is 4.98 Å². The van der Waals surface area contributed by atoms with E-state index in [0.717, 1.165) is 25.9 Å². The normalized spacial score (nSPS) is 26.6. The maximum atomic E-state index is 12.3. The lowest BCUT2D eigenvalue weighted by atomic mass is 9.84. The number of carbonyl (C=O) groups excluding carboxylic acids is 1. The van der Waals surface area contributed by atoms with Gasteiger partial charge in [0.15, 0.2) is 0 Å². The second-order valence-electron chi connectivity index (χ2n) is 6.10. The number of rotatable bonds is 1. The molecular formula is C17H20N2O. The lowest BCUT2D eigenvalue weighted by molar-refractivity contribution is -0.128. The summed E-state index contributed by atoms with van der Waals surface area (Å²) in [5.41, 5.74) is 3.94. The van der Waals surface area contributed by atoms with Crippen LogP contribution in [0, 0.1) is 5.92 Å². The number of piperidine rings is 1. The number of para-hydroxylation sites is 1. The molecule has 1 saturated heterocycles. The summed E-state index contributed by atoms with van der Waals surface area (Å²) in [7, 11) is 0. The molecule has 2 aliphatic rings. The summed E-state index contributed by atoms with van der Waals surface area (Å²) in [5.74, 6) is 0.692. The van der Waals surface area contributed by atoms with Crippen LogP contribution in [0.3, 0.4) is 0 Å². The molecular weight excluding hydrogens is 248 g/mol. The van der Waals surface area contributed by atoms with Gasteiger partial charge in [0.25, 0.3) is 0 Å². The van der Waals surface area contributed by atoms with Crippen LogP contribution < -0.4 is 0 Å². The first-order valence-electron chi connectivity index (χ1n) is 7.64. The summed E-state index contributed by atoms with van der Waals surface area (Å²) in [4.78, 5) is 18.3. The zero-order valence-corrected chi connectivity index (χ0v) is 11.9.